The number of benzene rings is 7. The third-order valence-electron chi connectivity index (χ3n) is 13.6. The molecule has 1 nitrogen and oxygen atoms in total. The zero-order valence-electron chi connectivity index (χ0n) is 35.5. The first-order valence-corrected chi connectivity index (χ1v) is 21.4. The van der Waals surface area contributed by atoms with E-state index < -0.39 is 0 Å². The first-order valence-electron chi connectivity index (χ1n) is 21.4. The summed E-state index contributed by atoms with van der Waals surface area (Å²) in [5, 5.41) is 0. The summed E-state index contributed by atoms with van der Waals surface area (Å²) in [5.74, 6) is 0.212. The Labute approximate surface area is 351 Å². The van der Waals surface area contributed by atoms with E-state index in [0.29, 0.717) is 0 Å². The predicted octanol–water partition coefficient (Wildman–Crippen LogP) is 15.4. The van der Waals surface area contributed by atoms with Crippen molar-refractivity contribution in [1.29, 1.82) is 0 Å². The van der Waals surface area contributed by atoms with E-state index in [2.05, 4.69) is 229 Å². The van der Waals surface area contributed by atoms with Crippen molar-refractivity contribution in [3.05, 3.63) is 226 Å². The van der Waals surface area contributed by atoms with Crippen LogP contribution in [0.25, 0.3) is 27.8 Å². The summed E-state index contributed by atoms with van der Waals surface area (Å²) in [7, 11) is 0. The molecular formula is C58H53N. The molecule has 59 heavy (non-hydrogen) atoms. The molecule has 0 aliphatic heterocycles. The average Bonchev–Trinajstić information content (AvgIpc) is 3.65. The van der Waals surface area contributed by atoms with Gasteiger partial charge in [-0.1, -0.05) is 173 Å². The van der Waals surface area contributed by atoms with E-state index in [0.717, 1.165) is 23.5 Å². The van der Waals surface area contributed by atoms with Gasteiger partial charge in [-0.05, 0) is 147 Å². The van der Waals surface area contributed by atoms with E-state index in [1.807, 2.05) is 0 Å². The fraction of sp³-hybridized carbons (Fsp3) is 0.207. The Kier molecular flexibility index (Phi) is 8.62. The smallest absolute Gasteiger partial charge is 0.0529 e. The number of allylic oxidation sites excluding steroid dienone is 4. The highest BCUT2D eigenvalue weighted by Gasteiger charge is 2.51. The Morgan fingerprint density at radius 1 is 0.525 bits per heavy atom. The quantitative estimate of drug-likeness (QED) is 0.163. The van der Waals surface area contributed by atoms with Crippen LogP contribution in [0.15, 0.2) is 176 Å². The highest BCUT2D eigenvalue weighted by Crippen LogP contribution is 2.62. The molecule has 3 aliphatic rings. The summed E-state index contributed by atoms with van der Waals surface area (Å²) in [6.45, 7) is 16.2. The maximum absolute atomic E-state index is 2.61. The number of fused-ring (bicyclic) bond motifs is 6. The number of para-hydroxylation sites is 2. The van der Waals surface area contributed by atoms with Crippen molar-refractivity contribution in [2.75, 3.05) is 4.90 Å². The second kappa shape index (κ2) is 13.7. The van der Waals surface area contributed by atoms with Gasteiger partial charge in [0.15, 0.2) is 0 Å². The summed E-state index contributed by atoms with van der Waals surface area (Å²) >= 11 is 0. The van der Waals surface area contributed by atoms with Gasteiger partial charge in [0, 0.05) is 22.5 Å². The van der Waals surface area contributed by atoms with Crippen LogP contribution in [-0.2, 0) is 16.2 Å². The van der Waals surface area contributed by atoms with Gasteiger partial charge in [-0.3, -0.25) is 0 Å². The average molecular weight is 764 g/mol. The molecule has 0 radical (unpaired) electrons. The maximum atomic E-state index is 2.61. The zero-order chi connectivity index (χ0) is 40.7. The van der Waals surface area contributed by atoms with Gasteiger partial charge in [0.05, 0.1) is 5.41 Å². The van der Waals surface area contributed by atoms with Crippen molar-refractivity contribution in [3.8, 4) is 22.3 Å². The van der Waals surface area contributed by atoms with E-state index in [4.69, 9.17) is 0 Å². The molecule has 0 aromatic heterocycles. The molecule has 0 N–H and O–H groups in total. The molecule has 7 aromatic rings. The van der Waals surface area contributed by atoms with Crippen molar-refractivity contribution in [3.63, 3.8) is 0 Å². The molecule has 1 heteroatoms. The van der Waals surface area contributed by atoms with Crippen LogP contribution in [0, 0.1) is 19.8 Å². The van der Waals surface area contributed by atoms with E-state index in [1.165, 1.54) is 77.9 Å². The summed E-state index contributed by atoms with van der Waals surface area (Å²) in [5.41, 5.74) is 22.2. The third kappa shape index (κ3) is 5.89. The summed E-state index contributed by atoms with van der Waals surface area (Å²) in [4.78, 5) is 2.33. The molecule has 2 atom stereocenters. The lowest BCUT2D eigenvalue weighted by Gasteiger charge is -2.41. The van der Waals surface area contributed by atoms with Gasteiger partial charge in [-0.25, -0.2) is 0 Å². The molecule has 0 amide bonds. The van der Waals surface area contributed by atoms with Crippen LogP contribution < -0.4 is 4.90 Å². The monoisotopic (exact) mass is 763 g/mol. The van der Waals surface area contributed by atoms with Crippen LogP contribution >= 0.6 is 0 Å². The SMILES string of the molecule is Cc1ccc2c(c1)C(C)(C)c1cc3c(cc1-2)C(c1ccc(C(C)(C)C)cc1)(C1C=CC(c2ccc(N(c4ccccc4)c4ccccc4)cc2)=CC1)c1cc(C)ccc1-3. The number of hydrogen-bond donors (Lipinski definition) is 0. The van der Waals surface area contributed by atoms with Crippen molar-refractivity contribution in [1.82, 2.24) is 0 Å². The van der Waals surface area contributed by atoms with E-state index in [9.17, 15) is 0 Å². The number of rotatable bonds is 6. The van der Waals surface area contributed by atoms with Crippen molar-refractivity contribution in [2.45, 2.75) is 71.1 Å². The normalized spacial score (nSPS) is 18.4. The van der Waals surface area contributed by atoms with Crippen LogP contribution in [0.1, 0.15) is 91.1 Å². The molecule has 0 heterocycles. The van der Waals surface area contributed by atoms with Gasteiger partial charge in [-0.15, -0.1) is 0 Å². The Morgan fingerprint density at radius 2 is 1.03 bits per heavy atom. The van der Waals surface area contributed by atoms with Crippen molar-refractivity contribution < 1.29 is 0 Å². The van der Waals surface area contributed by atoms with Crippen molar-refractivity contribution in [2.24, 2.45) is 5.92 Å². The van der Waals surface area contributed by atoms with Gasteiger partial charge in [-0.2, -0.15) is 0 Å². The minimum Gasteiger partial charge on any atom is -0.311 e. The standard InChI is InChI=1S/C58H53N/c1-38-18-32-48-50-37-55-51(36-53(50)57(6,7)52(48)34-38)49-33-19-39(2)35-54(49)58(55,44-28-26-42(27-29-44)56(3,4)5)43-24-20-40(21-25-43)41-22-30-47(31-23-41)59(45-14-10-8-11-15-45)46-16-12-9-13-17-46/h8-24,26-37,43H,25H2,1-7H3. The zero-order valence-corrected chi connectivity index (χ0v) is 35.5. The van der Waals surface area contributed by atoms with Gasteiger partial charge in [0.25, 0.3) is 0 Å². The molecule has 290 valence electrons. The molecule has 0 saturated carbocycles. The minimum atomic E-state index is -0.367. The van der Waals surface area contributed by atoms with Gasteiger partial charge < -0.3 is 4.90 Å². The molecule has 0 saturated heterocycles. The highest BCUT2D eigenvalue weighted by atomic mass is 15.1. The van der Waals surface area contributed by atoms with Crippen LogP contribution in [-0.4, -0.2) is 0 Å². The molecular weight excluding hydrogens is 711 g/mol. The van der Waals surface area contributed by atoms with Crippen molar-refractivity contribution >= 4 is 22.6 Å². The second-order valence-corrected chi connectivity index (χ2v) is 18.7. The van der Waals surface area contributed by atoms with E-state index in [1.54, 1.807) is 0 Å². The molecule has 2 unspecified atom stereocenters. The third-order valence-corrected chi connectivity index (χ3v) is 13.6. The molecule has 0 spiro atoms. The summed E-state index contributed by atoms with van der Waals surface area (Å²) in [6, 6.07) is 59.6. The molecule has 3 aliphatic carbocycles. The van der Waals surface area contributed by atoms with Crippen LogP contribution in [0.3, 0.4) is 0 Å². The second-order valence-electron chi connectivity index (χ2n) is 18.7. The van der Waals surface area contributed by atoms with Crippen LogP contribution in [0.2, 0.25) is 0 Å². The van der Waals surface area contributed by atoms with E-state index in [-0.39, 0.29) is 22.2 Å². The molecule has 0 bridgehead atoms. The number of nitrogens with zero attached hydrogens (tertiary/aromatic N) is 1. The topological polar surface area (TPSA) is 3.24 Å². The lowest BCUT2D eigenvalue weighted by atomic mass is 9.61. The Balaban J connectivity index is 1.10. The Morgan fingerprint density at radius 3 is 1.61 bits per heavy atom. The lowest BCUT2D eigenvalue weighted by molar-refractivity contribution is 0.457. The first-order chi connectivity index (χ1) is 28.4. The summed E-state index contributed by atoms with van der Waals surface area (Å²) in [6.07, 6.45) is 8.37. The largest absolute Gasteiger partial charge is 0.311 e. The number of hydrogen-bond acceptors (Lipinski definition) is 1. The molecule has 7 aromatic carbocycles. The maximum Gasteiger partial charge on any atom is 0.0529 e. The van der Waals surface area contributed by atoms with Crippen LogP contribution in [0.4, 0.5) is 17.1 Å². The summed E-state index contributed by atoms with van der Waals surface area (Å²) < 4.78 is 0. The van der Waals surface area contributed by atoms with Crippen LogP contribution in [0.5, 0.6) is 0 Å². The van der Waals surface area contributed by atoms with Gasteiger partial charge in [0.2, 0.25) is 0 Å². The number of aryl methyl sites for hydroxylation is 2. The van der Waals surface area contributed by atoms with Gasteiger partial charge >= 0.3 is 0 Å². The predicted molar refractivity (Wildman–Crippen MR) is 250 cm³/mol. The highest BCUT2D eigenvalue weighted by molar-refractivity contribution is 5.92. The van der Waals surface area contributed by atoms with E-state index >= 15 is 0 Å². The number of anilines is 3. The fourth-order valence-electron chi connectivity index (χ4n) is 10.5. The molecule has 0 fully saturated rings. The first kappa shape index (κ1) is 37.1. The minimum absolute atomic E-state index is 0.0686. The Bertz CT molecular complexity index is 2750. The fourth-order valence-corrected chi connectivity index (χ4v) is 10.5. The molecule has 10 rings (SSSR count). The Hall–Kier alpha value is -6.18. The van der Waals surface area contributed by atoms with Gasteiger partial charge in [0.1, 0.15) is 0 Å². The lowest BCUT2D eigenvalue weighted by Crippen LogP contribution is -2.36.